The van der Waals surface area contributed by atoms with Crippen molar-refractivity contribution >= 4 is 11.5 Å². The van der Waals surface area contributed by atoms with Crippen LogP contribution in [0.5, 0.6) is 0 Å². The average molecular weight is 219 g/mol. The zero-order valence-corrected chi connectivity index (χ0v) is 10.8. The van der Waals surface area contributed by atoms with E-state index in [1.54, 1.807) is 0 Å². The monoisotopic (exact) mass is 219 g/mol. The highest BCUT2D eigenvalue weighted by atomic mass is 16.1. The second-order valence-corrected chi connectivity index (χ2v) is 5.47. The number of hydrogen-bond donors (Lipinski definition) is 1. The van der Waals surface area contributed by atoms with Gasteiger partial charge in [0, 0.05) is 22.7 Å². The van der Waals surface area contributed by atoms with Crippen LogP contribution in [0, 0.1) is 5.92 Å². The molecule has 0 unspecified atom stereocenters. The molecule has 1 N–H and O–H groups in total. The molecule has 0 atom stereocenters. The normalized spacial score (nSPS) is 11.6. The quantitative estimate of drug-likeness (QED) is 0.785. The third kappa shape index (κ3) is 3.69. The molecule has 0 saturated carbocycles. The molecule has 0 aliphatic carbocycles. The van der Waals surface area contributed by atoms with E-state index in [0.29, 0.717) is 0 Å². The van der Waals surface area contributed by atoms with Gasteiger partial charge in [-0.1, -0.05) is 13.8 Å². The maximum atomic E-state index is 11.7. The topological polar surface area (TPSA) is 29.1 Å². The van der Waals surface area contributed by atoms with Crippen molar-refractivity contribution in [2.24, 2.45) is 5.92 Å². The molecule has 0 fully saturated rings. The molecule has 1 aromatic carbocycles. The van der Waals surface area contributed by atoms with Crippen LogP contribution in [0.15, 0.2) is 24.3 Å². The molecule has 0 radical (unpaired) electrons. The van der Waals surface area contributed by atoms with Crippen molar-refractivity contribution < 1.29 is 4.79 Å². The van der Waals surface area contributed by atoms with Gasteiger partial charge in [-0.15, -0.1) is 0 Å². The van der Waals surface area contributed by atoms with Crippen LogP contribution in [-0.2, 0) is 0 Å². The van der Waals surface area contributed by atoms with Crippen molar-refractivity contribution in [3.63, 3.8) is 0 Å². The van der Waals surface area contributed by atoms with Crippen molar-refractivity contribution in [3.05, 3.63) is 29.8 Å². The molecule has 0 bridgehead atoms. The molecule has 16 heavy (non-hydrogen) atoms. The largest absolute Gasteiger partial charge is 0.380 e. The second kappa shape index (κ2) is 4.69. The van der Waals surface area contributed by atoms with Crippen molar-refractivity contribution in [2.45, 2.75) is 40.2 Å². The van der Waals surface area contributed by atoms with E-state index in [1.807, 2.05) is 38.1 Å². The first-order valence-corrected chi connectivity index (χ1v) is 5.72. The number of hydrogen-bond acceptors (Lipinski definition) is 2. The lowest BCUT2D eigenvalue weighted by molar-refractivity contribution is 0.0939. The Morgan fingerprint density at radius 1 is 1.12 bits per heavy atom. The van der Waals surface area contributed by atoms with Gasteiger partial charge in [0.15, 0.2) is 5.78 Å². The van der Waals surface area contributed by atoms with E-state index < -0.39 is 0 Å². The number of benzene rings is 1. The van der Waals surface area contributed by atoms with E-state index in [9.17, 15) is 4.79 Å². The van der Waals surface area contributed by atoms with Crippen LogP contribution in [0.25, 0.3) is 0 Å². The first kappa shape index (κ1) is 12.8. The first-order valence-electron chi connectivity index (χ1n) is 5.72. The molecule has 2 nitrogen and oxygen atoms in total. The van der Waals surface area contributed by atoms with Gasteiger partial charge < -0.3 is 5.32 Å². The summed E-state index contributed by atoms with van der Waals surface area (Å²) in [7, 11) is 0. The zero-order valence-electron chi connectivity index (χ0n) is 10.8. The fraction of sp³-hybridized carbons (Fsp3) is 0.500. The molecule has 0 aliphatic heterocycles. The van der Waals surface area contributed by atoms with Gasteiger partial charge in [-0.2, -0.15) is 0 Å². The maximum Gasteiger partial charge on any atom is 0.165 e. The summed E-state index contributed by atoms with van der Waals surface area (Å²) in [4.78, 5) is 11.7. The van der Waals surface area contributed by atoms with Gasteiger partial charge >= 0.3 is 0 Å². The Morgan fingerprint density at radius 3 is 2.00 bits per heavy atom. The van der Waals surface area contributed by atoms with Gasteiger partial charge in [-0.3, -0.25) is 4.79 Å². The third-order valence-corrected chi connectivity index (χ3v) is 2.21. The molecule has 0 spiro atoms. The van der Waals surface area contributed by atoms with Crippen molar-refractivity contribution in [2.75, 3.05) is 5.32 Å². The van der Waals surface area contributed by atoms with E-state index in [4.69, 9.17) is 0 Å². The average Bonchev–Trinajstić information content (AvgIpc) is 2.15. The Balaban J connectivity index is 2.80. The molecule has 0 aromatic heterocycles. The third-order valence-electron chi connectivity index (χ3n) is 2.21. The number of nitrogens with one attached hydrogen (secondary N) is 1. The summed E-state index contributed by atoms with van der Waals surface area (Å²) in [6.45, 7) is 10.2. The fourth-order valence-corrected chi connectivity index (χ4v) is 1.48. The molecule has 2 heteroatoms. The Bertz CT molecular complexity index is 357. The summed E-state index contributed by atoms with van der Waals surface area (Å²) in [6.07, 6.45) is 0. The van der Waals surface area contributed by atoms with Crippen molar-refractivity contribution in [3.8, 4) is 0 Å². The van der Waals surface area contributed by atoms with Crippen molar-refractivity contribution in [1.82, 2.24) is 0 Å². The predicted octanol–water partition coefficient (Wildman–Crippen LogP) is 3.74. The fourth-order valence-electron chi connectivity index (χ4n) is 1.48. The number of Topliss-reactive ketones (excluding diaryl/α,β-unsaturated/α-hetero) is 1. The summed E-state index contributed by atoms with van der Waals surface area (Å²) < 4.78 is 0. The molecular weight excluding hydrogens is 198 g/mol. The zero-order chi connectivity index (χ0) is 12.3. The maximum absolute atomic E-state index is 11.7. The van der Waals surface area contributed by atoms with Gasteiger partial charge in [-0.05, 0) is 45.0 Å². The first-order chi connectivity index (χ1) is 7.29. The minimum Gasteiger partial charge on any atom is -0.380 e. The molecule has 1 rings (SSSR count). The highest BCUT2D eigenvalue weighted by Gasteiger charge is 2.12. The Labute approximate surface area is 98.1 Å². The number of carbonyl (C=O) groups excluding carboxylic acids is 1. The highest BCUT2D eigenvalue weighted by molar-refractivity contribution is 5.97. The SMILES string of the molecule is CC(C)C(=O)c1ccc(NC(C)(C)C)cc1. The second-order valence-electron chi connectivity index (χ2n) is 5.47. The summed E-state index contributed by atoms with van der Waals surface area (Å²) in [5.74, 6) is 0.253. The van der Waals surface area contributed by atoms with Gasteiger partial charge in [0.05, 0.1) is 0 Å². The van der Waals surface area contributed by atoms with E-state index in [-0.39, 0.29) is 17.2 Å². The lowest BCUT2D eigenvalue weighted by Crippen LogP contribution is -2.25. The highest BCUT2D eigenvalue weighted by Crippen LogP contribution is 2.16. The predicted molar refractivity (Wildman–Crippen MR) is 69.0 cm³/mol. The lowest BCUT2D eigenvalue weighted by atomic mass is 10.0. The van der Waals surface area contributed by atoms with Gasteiger partial charge in [0.25, 0.3) is 0 Å². The van der Waals surface area contributed by atoms with E-state index in [0.717, 1.165) is 11.3 Å². The van der Waals surface area contributed by atoms with Crippen LogP contribution in [-0.4, -0.2) is 11.3 Å². The van der Waals surface area contributed by atoms with Gasteiger partial charge in [0.1, 0.15) is 0 Å². The van der Waals surface area contributed by atoms with Crippen LogP contribution < -0.4 is 5.32 Å². The van der Waals surface area contributed by atoms with Crippen LogP contribution in [0.3, 0.4) is 0 Å². The number of anilines is 1. The summed E-state index contributed by atoms with van der Waals surface area (Å²) in [5.41, 5.74) is 1.88. The summed E-state index contributed by atoms with van der Waals surface area (Å²) in [6, 6.07) is 7.69. The number of rotatable bonds is 3. The molecule has 1 aromatic rings. The molecule has 0 saturated heterocycles. The lowest BCUT2D eigenvalue weighted by Gasteiger charge is -2.22. The Kier molecular flexibility index (Phi) is 3.74. The molecule has 0 amide bonds. The number of carbonyl (C=O) groups is 1. The van der Waals surface area contributed by atoms with Crippen LogP contribution in [0.2, 0.25) is 0 Å². The Hall–Kier alpha value is -1.31. The van der Waals surface area contributed by atoms with Crippen molar-refractivity contribution in [1.29, 1.82) is 0 Å². The molecular formula is C14H21NO. The summed E-state index contributed by atoms with van der Waals surface area (Å²) in [5, 5.41) is 3.37. The van der Waals surface area contributed by atoms with E-state index in [1.165, 1.54) is 0 Å². The molecule has 0 heterocycles. The van der Waals surface area contributed by atoms with E-state index in [2.05, 4.69) is 26.1 Å². The Morgan fingerprint density at radius 2 is 1.62 bits per heavy atom. The van der Waals surface area contributed by atoms with Gasteiger partial charge in [-0.25, -0.2) is 0 Å². The minimum atomic E-state index is 0.0452. The molecule has 0 aliphatic rings. The number of ketones is 1. The molecule has 88 valence electrons. The van der Waals surface area contributed by atoms with Crippen LogP contribution >= 0.6 is 0 Å². The summed E-state index contributed by atoms with van der Waals surface area (Å²) >= 11 is 0. The van der Waals surface area contributed by atoms with E-state index >= 15 is 0 Å². The van der Waals surface area contributed by atoms with Gasteiger partial charge in [0.2, 0.25) is 0 Å². The van der Waals surface area contributed by atoms with Crippen LogP contribution in [0.4, 0.5) is 5.69 Å². The smallest absolute Gasteiger partial charge is 0.165 e. The minimum absolute atomic E-state index is 0.0452. The van der Waals surface area contributed by atoms with Crippen LogP contribution in [0.1, 0.15) is 45.0 Å². The standard InChI is InChI=1S/C14H21NO/c1-10(2)13(16)11-6-8-12(9-7-11)15-14(3,4)5/h6-10,15H,1-5H3.